The molecule has 5 aromatic rings. The summed E-state index contributed by atoms with van der Waals surface area (Å²) in [5.74, 6) is 1.37. The number of aromatic nitrogens is 3. The Morgan fingerprint density at radius 3 is 2.07 bits per heavy atom. The Balaban J connectivity index is 1.46. The third kappa shape index (κ3) is 8.49. The standard InChI is InChI=1S/C41H46ClFN5O6P/c1-27(2)48(28(3)4)55(52-24-10-22-44)54-37-35(53-40(36(37)43)47-23-21-34-38(42)45-26-46-39(34)47)25-51-41(29-11-8-7-9-12-29,30-13-17-32(49-5)18-14-30)31-15-19-33(50-6)20-16-31/h7-9,11-21,23,26-28,35-37,40H,10,24-25H2,1-6H3/t35-,36?,37-,40?,55?/m1/s1. The Hall–Kier alpha value is -4.18. The summed E-state index contributed by atoms with van der Waals surface area (Å²) < 4.78 is 58.9. The van der Waals surface area contributed by atoms with Crippen molar-refractivity contribution in [2.75, 3.05) is 27.4 Å². The highest BCUT2D eigenvalue weighted by atomic mass is 35.5. The molecule has 6 rings (SSSR count). The molecule has 5 atom stereocenters. The topological polar surface area (TPSA) is 113 Å². The van der Waals surface area contributed by atoms with Crippen LogP contribution in [-0.4, -0.2) is 77.1 Å². The van der Waals surface area contributed by atoms with Gasteiger partial charge in [-0.3, -0.25) is 0 Å². The van der Waals surface area contributed by atoms with Crippen molar-refractivity contribution < 1.29 is 32.4 Å². The van der Waals surface area contributed by atoms with E-state index in [1.165, 1.54) is 6.33 Å². The first-order chi connectivity index (χ1) is 26.6. The Labute approximate surface area is 327 Å². The van der Waals surface area contributed by atoms with Gasteiger partial charge in [0, 0.05) is 18.3 Å². The van der Waals surface area contributed by atoms with Crippen LogP contribution in [-0.2, 0) is 24.1 Å². The molecular formula is C41H46ClFN5O6P. The molecule has 14 heteroatoms. The highest BCUT2D eigenvalue weighted by molar-refractivity contribution is 7.44. The fourth-order valence-corrected chi connectivity index (χ4v) is 8.96. The zero-order valence-electron chi connectivity index (χ0n) is 31.7. The summed E-state index contributed by atoms with van der Waals surface area (Å²) in [6, 6.07) is 29.1. The number of halogens is 2. The van der Waals surface area contributed by atoms with Crippen molar-refractivity contribution in [1.82, 2.24) is 19.2 Å². The summed E-state index contributed by atoms with van der Waals surface area (Å²) in [7, 11) is 1.38. The maximum Gasteiger partial charge on any atom is 0.259 e. The second-order valence-corrected chi connectivity index (χ2v) is 15.3. The van der Waals surface area contributed by atoms with E-state index in [0.29, 0.717) is 22.5 Å². The zero-order valence-corrected chi connectivity index (χ0v) is 33.4. The number of hydrogen-bond acceptors (Lipinski definition) is 10. The van der Waals surface area contributed by atoms with Gasteiger partial charge >= 0.3 is 0 Å². The van der Waals surface area contributed by atoms with Crippen molar-refractivity contribution in [3.63, 3.8) is 0 Å². The van der Waals surface area contributed by atoms with Crippen LogP contribution < -0.4 is 9.47 Å². The lowest BCUT2D eigenvalue weighted by Crippen LogP contribution is -2.41. The van der Waals surface area contributed by atoms with Crippen LogP contribution in [0.25, 0.3) is 11.0 Å². The minimum Gasteiger partial charge on any atom is -0.497 e. The largest absolute Gasteiger partial charge is 0.497 e. The monoisotopic (exact) mass is 789 g/mol. The smallest absolute Gasteiger partial charge is 0.259 e. The van der Waals surface area contributed by atoms with Gasteiger partial charge in [0.25, 0.3) is 8.53 Å². The van der Waals surface area contributed by atoms with Crippen LogP contribution in [0.1, 0.15) is 57.0 Å². The molecule has 0 aliphatic carbocycles. The van der Waals surface area contributed by atoms with E-state index >= 15 is 4.39 Å². The summed E-state index contributed by atoms with van der Waals surface area (Å²) in [6.07, 6.45) is -1.78. The van der Waals surface area contributed by atoms with Crippen LogP contribution in [0.15, 0.2) is 97.5 Å². The second-order valence-electron chi connectivity index (χ2n) is 13.6. The third-order valence-electron chi connectivity index (χ3n) is 9.51. The number of hydrogen-bond donors (Lipinski definition) is 0. The molecule has 0 bridgehead atoms. The number of alkyl halides is 1. The van der Waals surface area contributed by atoms with E-state index < -0.39 is 38.7 Å². The molecule has 1 fully saturated rings. The van der Waals surface area contributed by atoms with E-state index in [9.17, 15) is 5.26 Å². The fraction of sp³-hybridized carbons (Fsp3) is 0.390. The minimum atomic E-state index is -1.85. The molecule has 290 valence electrons. The van der Waals surface area contributed by atoms with Gasteiger partial charge in [0.2, 0.25) is 0 Å². The number of ether oxygens (including phenoxy) is 4. The number of rotatable bonds is 17. The molecular weight excluding hydrogens is 744 g/mol. The van der Waals surface area contributed by atoms with E-state index in [-0.39, 0.29) is 36.9 Å². The lowest BCUT2D eigenvalue weighted by Gasteiger charge is -2.39. The predicted molar refractivity (Wildman–Crippen MR) is 210 cm³/mol. The third-order valence-corrected chi connectivity index (χ3v) is 11.9. The number of methoxy groups -OCH3 is 2. The van der Waals surface area contributed by atoms with E-state index in [4.69, 9.17) is 39.6 Å². The van der Waals surface area contributed by atoms with Gasteiger partial charge in [0.05, 0.1) is 45.3 Å². The molecule has 1 aliphatic heterocycles. The van der Waals surface area contributed by atoms with Gasteiger partial charge < -0.3 is 32.6 Å². The number of fused-ring (bicyclic) bond motifs is 1. The van der Waals surface area contributed by atoms with Crippen LogP contribution >= 0.6 is 20.1 Å². The average molecular weight is 790 g/mol. The minimum absolute atomic E-state index is 0.0119. The van der Waals surface area contributed by atoms with Crippen molar-refractivity contribution in [2.24, 2.45) is 0 Å². The molecule has 2 aromatic heterocycles. The van der Waals surface area contributed by atoms with Crippen molar-refractivity contribution >= 4 is 31.2 Å². The van der Waals surface area contributed by atoms with Gasteiger partial charge in [0.1, 0.15) is 46.4 Å². The molecule has 1 aliphatic rings. The number of benzene rings is 3. The van der Waals surface area contributed by atoms with E-state index in [1.54, 1.807) is 31.0 Å². The molecule has 1 saturated heterocycles. The molecule has 3 unspecified atom stereocenters. The SMILES string of the molecule is COc1ccc(C(OC[C@H]2OC(n3ccc4c(Cl)ncnc43)C(F)[C@@H]2OP(OCCC#N)N(C(C)C)C(C)C)(c2ccccc2)c2ccc(OC)cc2)cc1. The van der Waals surface area contributed by atoms with Crippen LogP contribution in [0.4, 0.5) is 4.39 Å². The molecule has 55 heavy (non-hydrogen) atoms. The highest BCUT2D eigenvalue weighted by Crippen LogP contribution is 2.51. The molecule has 0 amide bonds. The van der Waals surface area contributed by atoms with Crippen LogP contribution in [0.3, 0.4) is 0 Å². The van der Waals surface area contributed by atoms with Gasteiger partial charge in [-0.2, -0.15) is 5.26 Å². The van der Waals surface area contributed by atoms with Crippen molar-refractivity contribution in [3.8, 4) is 17.6 Å². The van der Waals surface area contributed by atoms with Crippen LogP contribution in [0.5, 0.6) is 11.5 Å². The van der Waals surface area contributed by atoms with E-state index in [2.05, 4.69) is 20.7 Å². The zero-order chi connectivity index (χ0) is 39.1. The molecule has 0 radical (unpaired) electrons. The normalized spacial score (nSPS) is 19.3. The number of nitriles is 1. The number of nitrogens with zero attached hydrogens (tertiary/aromatic N) is 5. The highest BCUT2D eigenvalue weighted by Gasteiger charge is 2.51. The van der Waals surface area contributed by atoms with Gasteiger partial charge in [-0.15, -0.1) is 0 Å². The molecule has 3 heterocycles. The van der Waals surface area contributed by atoms with Gasteiger partial charge in [-0.25, -0.2) is 19.0 Å². The maximum absolute atomic E-state index is 17.3. The first kappa shape index (κ1) is 40.5. The molecule has 11 nitrogen and oxygen atoms in total. The Kier molecular flexibility index (Phi) is 13.4. The van der Waals surface area contributed by atoms with Gasteiger partial charge in [-0.1, -0.05) is 66.2 Å². The first-order valence-electron chi connectivity index (χ1n) is 18.1. The predicted octanol–water partition coefficient (Wildman–Crippen LogP) is 9.01. The first-order valence-corrected chi connectivity index (χ1v) is 19.6. The molecule has 0 spiro atoms. The van der Waals surface area contributed by atoms with E-state index in [1.807, 2.05) is 107 Å². The quantitative estimate of drug-likeness (QED) is 0.0392. The lowest BCUT2D eigenvalue weighted by molar-refractivity contribution is -0.0918. The summed E-state index contributed by atoms with van der Waals surface area (Å²) >= 11 is 6.41. The summed E-state index contributed by atoms with van der Waals surface area (Å²) in [4.78, 5) is 8.51. The second kappa shape index (κ2) is 18.2. The molecule has 0 saturated carbocycles. The molecule has 3 aromatic carbocycles. The molecule has 0 N–H and O–H groups in total. The maximum atomic E-state index is 17.3. The van der Waals surface area contributed by atoms with Crippen LogP contribution in [0, 0.1) is 11.3 Å². The summed E-state index contributed by atoms with van der Waals surface area (Å²) in [6.45, 7) is 8.13. The van der Waals surface area contributed by atoms with Crippen molar-refractivity contribution in [2.45, 2.75) is 76.4 Å². The summed E-state index contributed by atoms with van der Waals surface area (Å²) in [5, 5.41) is 10.1. The van der Waals surface area contributed by atoms with Gasteiger partial charge in [0.15, 0.2) is 12.4 Å². The summed E-state index contributed by atoms with van der Waals surface area (Å²) in [5.41, 5.74) is 1.67. The Morgan fingerprint density at radius 2 is 1.51 bits per heavy atom. The Morgan fingerprint density at radius 1 is 0.909 bits per heavy atom. The lowest BCUT2D eigenvalue weighted by atomic mass is 9.80. The van der Waals surface area contributed by atoms with E-state index in [0.717, 1.165) is 16.7 Å². The van der Waals surface area contributed by atoms with Gasteiger partial charge in [-0.05, 0) is 74.7 Å². The van der Waals surface area contributed by atoms with Crippen LogP contribution in [0.2, 0.25) is 5.15 Å². The van der Waals surface area contributed by atoms with Crippen molar-refractivity contribution in [3.05, 3.63) is 119 Å². The fourth-order valence-electron chi connectivity index (χ4n) is 7.00. The average Bonchev–Trinajstić information content (AvgIpc) is 3.76. The van der Waals surface area contributed by atoms with Crippen molar-refractivity contribution in [1.29, 1.82) is 5.26 Å². The Bertz CT molecular complexity index is 1980.